The maximum absolute atomic E-state index is 11.2. The molecule has 0 bridgehead atoms. The van der Waals surface area contributed by atoms with Gasteiger partial charge in [-0.1, -0.05) is 11.6 Å². The van der Waals surface area contributed by atoms with E-state index in [1.165, 1.54) is 6.21 Å². The molecular formula is C16H16ClN5O. The first-order valence-electron chi connectivity index (χ1n) is 7.32. The third-order valence-electron chi connectivity index (χ3n) is 3.70. The van der Waals surface area contributed by atoms with Gasteiger partial charge in [-0.2, -0.15) is 0 Å². The van der Waals surface area contributed by atoms with Gasteiger partial charge in [0.15, 0.2) is 0 Å². The molecule has 3 N–H and O–H groups in total. The first-order chi connectivity index (χ1) is 11.2. The molecule has 0 aliphatic carbocycles. The molecular weight excluding hydrogens is 314 g/mol. The van der Waals surface area contributed by atoms with Gasteiger partial charge in [-0.15, -0.1) is 0 Å². The van der Waals surface area contributed by atoms with Crippen LogP contribution < -0.4 is 10.6 Å². The normalized spacial score (nSPS) is 18.0. The smallest absolute Gasteiger partial charge is 0.220 e. The van der Waals surface area contributed by atoms with E-state index in [9.17, 15) is 4.79 Å². The van der Waals surface area contributed by atoms with Crippen molar-refractivity contribution < 1.29 is 4.79 Å². The Labute approximate surface area is 138 Å². The molecule has 0 unspecified atom stereocenters. The molecule has 7 heteroatoms. The second kappa shape index (κ2) is 6.75. The molecule has 1 aliphatic heterocycles. The molecule has 3 rings (SSSR count). The zero-order valence-corrected chi connectivity index (χ0v) is 13.1. The number of hydrogen-bond acceptors (Lipinski definition) is 5. The summed E-state index contributed by atoms with van der Waals surface area (Å²) in [5.41, 5.74) is 2.91. The van der Waals surface area contributed by atoms with Gasteiger partial charge in [-0.25, -0.2) is 4.98 Å². The number of pyridine rings is 2. The average molecular weight is 330 g/mol. The number of aromatic nitrogens is 2. The Morgan fingerprint density at radius 1 is 1.48 bits per heavy atom. The van der Waals surface area contributed by atoms with Crippen LogP contribution in [0.4, 0.5) is 0 Å². The summed E-state index contributed by atoms with van der Waals surface area (Å²) in [4.78, 5) is 19.7. The fraction of sp³-hybridized carbons (Fsp3) is 0.250. The Hall–Kier alpha value is -2.47. The highest BCUT2D eigenvalue weighted by molar-refractivity contribution is 6.29. The first kappa shape index (κ1) is 15.4. The van der Waals surface area contributed by atoms with Gasteiger partial charge >= 0.3 is 0 Å². The largest absolute Gasteiger partial charge is 0.388 e. The van der Waals surface area contributed by atoms with E-state index < -0.39 is 0 Å². The van der Waals surface area contributed by atoms with Crippen molar-refractivity contribution in [1.82, 2.24) is 20.6 Å². The summed E-state index contributed by atoms with van der Waals surface area (Å²) in [5, 5.41) is 14.0. The molecule has 0 spiro atoms. The topological polar surface area (TPSA) is 90.8 Å². The molecule has 0 saturated carbocycles. The van der Waals surface area contributed by atoms with Crippen molar-refractivity contribution >= 4 is 40.3 Å². The number of allylic oxidation sites excluding steroid dienone is 1. The summed E-state index contributed by atoms with van der Waals surface area (Å²) in [6, 6.07) is 5.50. The Bertz CT molecular complexity index is 789. The van der Waals surface area contributed by atoms with E-state index in [0.29, 0.717) is 29.2 Å². The lowest BCUT2D eigenvalue weighted by molar-refractivity contribution is -0.119. The van der Waals surface area contributed by atoms with Crippen molar-refractivity contribution in [3.63, 3.8) is 0 Å². The molecule has 6 nitrogen and oxygen atoms in total. The summed E-state index contributed by atoms with van der Waals surface area (Å²) in [7, 11) is 0. The molecule has 1 atom stereocenters. The fourth-order valence-electron chi connectivity index (χ4n) is 2.49. The monoisotopic (exact) mass is 329 g/mol. The van der Waals surface area contributed by atoms with E-state index in [2.05, 4.69) is 20.6 Å². The number of carbonyl (C=O) groups excluding carboxylic acids is 1. The number of nitrogens with one attached hydrogen (secondary N) is 3. The Morgan fingerprint density at radius 3 is 3.09 bits per heavy atom. The maximum Gasteiger partial charge on any atom is 0.220 e. The minimum atomic E-state index is 0.0924. The summed E-state index contributed by atoms with van der Waals surface area (Å²) in [5.74, 6) is 0.0924. The van der Waals surface area contributed by atoms with Crippen molar-refractivity contribution in [3.8, 4) is 0 Å². The molecule has 2 aromatic rings. The van der Waals surface area contributed by atoms with Crippen LogP contribution in [0.5, 0.6) is 0 Å². The third-order valence-corrected chi connectivity index (χ3v) is 3.91. The number of halogens is 1. The number of hydrogen-bond donors (Lipinski definition) is 3. The molecule has 0 aromatic carbocycles. The quantitative estimate of drug-likeness (QED) is 0.579. The lowest BCUT2D eigenvalue weighted by Gasteiger charge is -2.10. The lowest BCUT2D eigenvalue weighted by Crippen LogP contribution is -2.33. The first-order valence-corrected chi connectivity index (χ1v) is 7.69. The summed E-state index contributed by atoms with van der Waals surface area (Å²) < 4.78 is 0. The van der Waals surface area contributed by atoms with Crippen LogP contribution in [0.25, 0.3) is 16.6 Å². The third kappa shape index (κ3) is 3.65. The van der Waals surface area contributed by atoms with E-state index in [0.717, 1.165) is 17.5 Å². The van der Waals surface area contributed by atoms with Gasteiger partial charge in [0.1, 0.15) is 5.15 Å². The number of carbonyl (C=O) groups is 1. The van der Waals surface area contributed by atoms with Crippen molar-refractivity contribution in [3.05, 3.63) is 41.3 Å². The highest BCUT2D eigenvalue weighted by Gasteiger charge is 2.19. The Morgan fingerprint density at radius 2 is 2.35 bits per heavy atom. The van der Waals surface area contributed by atoms with Crippen LogP contribution in [0, 0.1) is 5.41 Å². The van der Waals surface area contributed by atoms with Crippen molar-refractivity contribution in [2.24, 2.45) is 0 Å². The molecule has 2 aromatic heterocycles. The van der Waals surface area contributed by atoms with E-state index in [1.54, 1.807) is 18.5 Å². The van der Waals surface area contributed by atoms with E-state index in [-0.39, 0.29) is 11.9 Å². The molecule has 1 aliphatic rings. The molecule has 3 heterocycles. The van der Waals surface area contributed by atoms with Crippen molar-refractivity contribution in [2.45, 2.75) is 18.9 Å². The maximum atomic E-state index is 11.2. The van der Waals surface area contributed by atoms with Crippen LogP contribution in [-0.4, -0.2) is 34.7 Å². The van der Waals surface area contributed by atoms with E-state index in [4.69, 9.17) is 17.0 Å². The molecule has 23 heavy (non-hydrogen) atoms. The molecule has 1 saturated heterocycles. The minimum absolute atomic E-state index is 0.0924. The van der Waals surface area contributed by atoms with Gasteiger partial charge in [0.25, 0.3) is 0 Å². The number of fused-ring (bicyclic) bond motifs is 1. The number of nitrogens with zero attached hydrogens (tertiary/aromatic N) is 2. The number of amides is 1. The highest BCUT2D eigenvalue weighted by Crippen LogP contribution is 2.18. The van der Waals surface area contributed by atoms with Crippen LogP contribution in [-0.2, 0) is 4.79 Å². The van der Waals surface area contributed by atoms with Gasteiger partial charge in [0.2, 0.25) is 5.91 Å². The zero-order valence-electron chi connectivity index (χ0n) is 12.3. The minimum Gasteiger partial charge on any atom is -0.388 e. The molecule has 1 fully saturated rings. The van der Waals surface area contributed by atoms with Crippen LogP contribution in [0.2, 0.25) is 5.15 Å². The Balaban J connectivity index is 1.75. The average Bonchev–Trinajstić information content (AvgIpc) is 2.96. The van der Waals surface area contributed by atoms with E-state index >= 15 is 0 Å². The van der Waals surface area contributed by atoms with Gasteiger partial charge in [0.05, 0.1) is 11.0 Å². The Kier molecular flexibility index (Phi) is 4.52. The van der Waals surface area contributed by atoms with Gasteiger partial charge in [-0.05, 0) is 24.6 Å². The molecule has 1 amide bonds. The SMILES string of the molecule is N=C/C(=C\NC[C@H]1CCC(=O)N1)c1cnc2ccc(Cl)nc2c1. The van der Waals surface area contributed by atoms with Crippen molar-refractivity contribution in [1.29, 1.82) is 5.41 Å². The summed E-state index contributed by atoms with van der Waals surface area (Å²) in [6.45, 7) is 0.633. The molecule has 0 radical (unpaired) electrons. The second-order valence-electron chi connectivity index (χ2n) is 5.35. The zero-order chi connectivity index (χ0) is 16.2. The van der Waals surface area contributed by atoms with Gasteiger partial charge in [-0.3, -0.25) is 9.78 Å². The lowest BCUT2D eigenvalue weighted by atomic mass is 10.1. The van der Waals surface area contributed by atoms with Crippen LogP contribution in [0.15, 0.2) is 30.6 Å². The standard InChI is InChI=1S/C16H16ClN5O/c17-15-3-2-13-14(22-15)5-10(8-20-13)11(6-18)7-19-9-12-1-4-16(23)21-12/h2-3,5-8,12,18-19H,1,4,9H2,(H,21,23)/b11-7+,18-6?/t12-/m1/s1. The molecule has 118 valence electrons. The summed E-state index contributed by atoms with van der Waals surface area (Å²) in [6.07, 6.45) is 6.13. The fourth-order valence-corrected chi connectivity index (χ4v) is 2.64. The predicted octanol–water partition coefficient (Wildman–Crippen LogP) is 2.14. The predicted molar refractivity (Wildman–Crippen MR) is 90.5 cm³/mol. The second-order valence-corrected chi connectivity index (χ2v) is 5.74. The van der Waals surface area contributed by atoms with Gasteiger partial charge in [0, 0.05) is 48.8 Å². The summed E-state index contributed by atoms with van der Waals surface area (Å²) >= 11 is 5.91. The van der Waals surface area contributed by atoms with Crippen LogP contribution >= 0.6 is 11.6 Å². The van der Waals surface area contributed by atoms with Crippen LogP contribution in [0.1, 0.15) is 18.4 Å². The van der Waals surface area contributed by atoms with Crippen LogP contribution in [0.3, 0.4) is 0 Å². The van der Waals surface area contributed by atoms with E-state index in [1.807, 2.05) is 12.1 Å². The van der Waals surface area contributed by atoms with Gasteiger partial charge < -0.3 is 16.0 Å². The highest BCUT2D eigenvalue weighted by atomic mass is 35.5. The van der Waals surface area contributed by atoms with Crippen molar-refractivity contribution in [2.75, 3.05) is 6.54 Å². The number of rotatable bonds is 5.